The smallest absolute Gasteiger partial charge is 0.326 e. The standard InChI is InChI=1S/C14H17BrN2O3/c1-8-5-6-17(11(7-8)14(19)20)10-4-2-3-9(15)12(10)13(16)18/h2-4,8,11H,5-7H2,1H3,(H2,16,18)(H,19,20). The van der Waals surface area contributed by atoms with Crippen molar-refractivity contribution in [2.45, 2.75) is 25.8 Å². The summed E-state index contributed by atoms with van der Waals surface area (Å²) in [4.78, 5) is 24.9. The molecule has 0 spiro atoms. The zero-order chi connectivity index (χ0) is 14.9. The van der Waals surface area contributed by atoms with Crippen LogP contribution in [-0.2, 0) is 4.79 Å². The lowest BCUT2D eigenvalue weighted by Crippen LogP contribution is -2.47. The Morgan fingerprint density at radius 3 is 2.75 bits per heavy atom. The third kappa shape index (κ3) is 2.80. The van der Waals surface area contributed by atoms with Crippen molar-refractivity contribution in [1.29, 1.82) is 0 Å². The largest absolute Gasteiger partial charge is 0.480 e. The number of anilines is 1. The molecule has 1 aromatic rings. The predicted octanol–water partition coefficient (Wildman–Crippen LogP) is 2.24. The summed E-state index contributed by atoms with van der Waals surface area (Å²) in [7, 11) is 0. The molecule has 1 fully saturated rings. The number of amides is 1. The van der Waals surface area contributed by atoms with Crippen molar-refractivity contribution < 1.29 is 14.7 Å². The van der Waals surface area contributed by atoms with E-state index in [2.05, 4.69) is 15.9 Å². The van der Waals surface area contributed by atoms with Gasteiger partial charge in [-0.05, 0) is 46.8 Å². The molecule has 1 saturated heterocycles. The molecular weight excluding hydrogens is 324 g/mol. The maximum atomic E-state index is 11.6. The number of carbonyl (C=O) groups is 2. The molecule has 5 nitrogen and oxygen atoms in total. The monoisotopic (exact) mass is 340 g/mol. The number of nitrogens with two attached hydrogens (primary N) is 1. The van der Waals surface area contributed by atoms with Crippen molar-refractivity contribution in [1.82, 2.24) is 0 Å². The summed E-state index contributed by atoms with van der Waals surface area (Å²) in [6, 6.07) is 4.64. The van der Waals surface area contributed by atoms with E-state index in [9.17, 15) is 14.7 Å². The Labute approximate surface area is 125 Å². The summed E-state index contributed by atoms with van der Waals surface area (Å²) in [6.45, 7) is 2.65. The second kappa shape index (κ2) is 5.83. The number of carboxylic acids is 1. The number of nitrogens with zero attached hydrogens (tertiary/aromatic N) is 1. The average Bonchev–Trinajstić information content (AvgIpc) is 2.37. The molecule has 0 aliphatic carbocycles. The molecule has 0 saturated carbocycles. The van der Waals surface area contributed by atoms with Gasteiger partial charge in [0.05, 0.1) is 11.3 Å². The molecule has 108 valence electrons. The Morgan fingerprint density at radius 2 is 2.15 bits per heavy atom. The summed E-state index contributed by atoms with van der Waals surface area (Å²) >= 11 is 3.31. The molecule has 20 heavy (non-hydrogen) atoms. The van der Waals surface area contributed by atoms with Gasteiger partial charge in [0.25, 0.3) is 5.91 Å². The number of primary amides is 1. The van der Waals surface area contributed by atoms with E-state index in [0.29, 0.717) is 34.6 Å². The highest BCUT2D eigenvalue weighted by Gasteiger charge is 2.33. The first kappa shape index (κ1) is 14.8. The van der Waals surface area contributed by atoms with Gasteiger partial charge < -0.3 is 15.7 Å². The molecule has 2 unspecified atom stereocenters. The second-order valence-corrected chi connectivity index (χ2v) is 6.03. The Hall–Kier alpha value is -1.56. The summed E-state index contributed by atoms with van der Waals surface area (Å²) < 4.78 is 0.588. The second-order valence-electron chi connectivity index (χ2n) is 5.18. The zero-order valence-electron chi connectivity index (χ0n) is 11.2. The van der Waals surface area contributed by atoms with E-state index < -0.39 is 17.9 Å². The highest BCUT2D eigenvalue weighted by Crippen LogP contribution is 2.33. The van der Waals surface area contributed by atoms with Gasteiger partial charge in [0, 0.05) is 11.0 Å². The van der Waals surface area contributed by atoms with Crippen LogP contribution in [-0.4, -0.2) is 29.6 Å². The fraction of sp³-hybridized carbons (Fsp3) is 0.429. The molecule has 0 aromatic heterocycles. The van der Waals surface area contributed by atoms with Gasteiger partial charge in [0.1, 0.15) is 6.04 Å². The number of piperidine rings is 1. The number of aliphatic carboxylic acids is 1. The van der Waals surface area contributed by atoms with Gasteiger partial charge in [-0.25, -0.2) is 4.79 Å². The van der Waals surface area contributed by atoms with Crippen molar-refractivity contribution in [2.24, 2.45) is 11.7 Å². The van der Waals surface area contributed by atoms with Crippen LogP contribution in [0.5, 0.6) is 0 Å². The minimum atomic E-state index is -0.869. The lowest BCUT2D eigenvalue weighted by molar-refractivity contribution is -0.139. The SMILES string of the molecule is CC1CCN(c2cccc(Br)c2C(N)=O)C(C(=O)O)C1. The lowest BCUT2D eigenvalue weighted by Gasteiger charge is -2.38. The molecule has 1 amide bonds. The molecule has 0 radical (unpaired) electrons. The number of halogens is 1. The van der Waals surface area contributed by atoms with Gasteiger partial charge in [-0.1, -0.05) is 13.0 Å². The Balaban J connectivity index is 2.46. The topological polar surface area (TPSA) is 83.6 Å². The molecule has 0 bridgehead atoms. The van der Waals surface area contributed by atoms with E-state index in [0.717, 1.165) is 6.42 Å². The molecular formula is C14H17BrN2O3. The minimum absolute atomic E-state index is 0.341. The van der Waals surface area contributed by atoms with Crippen LogP contribution >= 0.6 is 15.9 Å². The summed E-state index contributed by atoms with van der Waals surface area (Å²) in [6.07, 6.45) is 1.47. The van der Waals surface area contributed by atoms with E-state index in [1.54, 1.807) is 23.1 Å². The molecule has 2 rings (SSSR count). The molecule has 6 heteroatoms. The van der Waals surface area contributed by atoms with Crippen LogP contribution in [0, 0.1) is 5.92 Å². The van der Waals surface area contributed by atoms with E-state index >= 15 is 0 Å². The first-order chi connectivity index (χ1) is 9.41. The molecule has 1 aliphatic heterocycles. The van der Waals surface area contributed by atoms with Crippen LogP contribution in [0.1, 0.15) is 30.1 Å². The Morgan fingerprint density at radius 1 is 1.45 bits per heavy atom. The maximum absolute atomic E-state index is 11.6. The first-order valence-electron chi connectivity index (χ1n) is 6.49. The molecule has 1 aliphatic rings. The van der Waals surface area contributed by atoms with E-state index in [1.807, 2.05) is 6.92 Å². The van der Waals surface area contributed by atoms with Gasteiger partial charge in [-0.2, -0.15) is 0 Å². The Bertz CT molecular complexity index is 547. The van der Waals surface area contributed by atoms with Crippen molar-refractivity contribution in [3.8, 4) is 0 Å². The van der Waals surface area contributed by atoms with E-state index in [4.69, 9.17) is 5.73 Å². The maximum Gasteiger partial charge on any atom is 0.326 e. The number of hydrogen-bond donors (Lipinski definition) is 2. The van der Waals surface area contributed by atoms with E-state index in [1.165, 1.54) is 0 Å². The summed E-state index contributed by atoms with van der Waals surface area (Å²) in [5, 5.41) is 9.42. The molecule has 3 N–H and O–H groups in total. The van der Waals surface area contributed by atoms with Crippen LogP contribution in [0.4, 0.5) is 5.69 Å². The highest BCUT2D eigenvalue weighted by molar-refractivity contribution is 9.10. The third-order valence-corrected chi connectivity index (χ3v) is 4.36. The summed E-state index contributed by atoms with van der Waals surface area (Å²) in [5.41, 5.74) is 6.36. The number of hydrogen-bond acceptors (Lipinski definition) is 3. The number of benzene rings is 1. The molecule has 1 heterocycles. The van der Waals surface area contributed by atoms with E-state index in [-0.39, 0.29) is 0 Å². The van der Waals surface area contributed by atoms with Crippen molar-refractivity contribution in [2.75, 3.05) is 11.4 Å². The normalized spacial score (nSPS) is 22.6. The lowest BCUT2D eigenvalue weighted by atomic mass is 9.91. The number of carboxylic acid groups (broad SMARTS) is 1. The van der Waals surface area contributed by atoms with Crippen LogP contribution in [0.25, 0.3) is 0 Å². The van der Waals surface area contributed by atoms with Crippen LogP contribution in [0.2, 0.25) is 0 Å². The quantitative estimate of drug-likeness (QED) is 0.883. The summed E-state index contributed by atoms with van der Waals surface area (Å²) in [5.74, 6) is -1.07. The van der Waals surface area contributed by atoms with Crippen molar-refractivity contribution in [3.05, 3.63) is 28.2 Å². The van der Waals surface area contributed by atoms with Gasteiger partial charge in [0.15, 0.2) is 0 Å². The minimum Gasteiger partial charge on any atom is -0.480 e. The van der Waals surface area contributed by atoms with Gasteiger partial charge in [0.2, 0.25) is 0 Å². The van der Waals surface area contributed by atoms with Crippen LogP contribution in [0.3, 0.4) is 0 Å². The fourth-order valence-corrected chi connectivity index (χ4v) is 3.21. The number of carbonyl (C=O) groups excluding carboxylic acids is 1. The van der Waals surface area contributed by atoms with Gasteiger partial charge in [-0.3, -0.25) is 4.79 Å². The number of rotatable bonds is 3. The average molecular weight is 341 g/mol. The Kier molecular flexibility index (Phi) is 4.32. The van der Waals surface area contributed by atoms with Crippen LogP contribution in [0.15, 0.2) is 22.7 Å². The fourth-order valence-electron chi connectivity index (χ4n) is 2.66. The van der Waals surface area contributed by atoms with Crippen LogP contribution < -0.4 is 10.6 Å². The molecule has 2 atom stereocenters. The molecule has 1 aromatic carbocycles. The predicted molar refractivity (Wildman–Crippen MR) is 79.8 cm³/mol. The third-order valence-electron chi connectivity index (χ3n) is 3.70. The highest BCUT2D eigenvalue weighted by atomic mass is 79.9. The van der Waals surface area contributed by atoms with Gasteiger partial charge in [-0.15, -0.1) is 0 Å². The first-order valence-corrected chi connectivity index (χ1v) is 7.29. The van der Waals surface area contributed by atoms with Gasteiger partial charge >= 0.3 is 5.97 Å². The zero-order valence-corrected chi connectivity index (χ0v) is 12.8. The van der Waals surface area contributed by atoms with Crippen molar-refractivity contribution in [3.63, 3.8) is 0 Å². The van der Waals surface area contributed by atoms with Crippen molar-refractivity contribution >= 4 is 33.5 Å².